The van der Waals surface area contributed by atoms with E-state index in [-0.39, 0.29) is 17.2 Å². The number of hydrogen-bond donors (Lipinski definition) is 2. The smallest absolute Gasteiger partial charge is 0.387 e. The third-order valence-corrected chi connectivity index (χ3v) is 5.75. The number of halogens is 2. The summed E-state index contributed by atoms with van der Waals surface area (Å²) in [5, 5.41) is 11.2. The van der Waals surface area contributed by atoms with E-state index in [2.05, 4.69) is 20.3 Å². The summed E-state index contributed by atoms with van der Waals surface area (Å²) in [5.74, 6) is -0.0816. The number of amides is 1. The Morgan fingerprint density at radius 1 is 1.00 bits per heavy atom. The number of hydrogen-bond acceptors (Lipinski definition) is 5. The van der Waals surface area contributed by atoms with E-state index in [9.17, 15) is 18.4 Å². The van der Waals surface area contributed by atoms with Crippen LogP contribution in [0.2, 0.25) is 0 Å². The minimum absolute atomic E-state index is 0.0290. The van der Waals surface area contributed by atoms with Crippen molar-refractivity contribution in [1.82, 2.24) is 10.2 Å². The van der Waals surface area contributed by atoms with Crippen LogP contribution < -0.4 is 20.5 Å². The van der Waals surface area contributed by atoms with Crippen molar-refractivity contribution in [2.24, 2.45) is 0 Å². The van der Waals surface area contributed by atoms with Crippen molar-refractivity contribution in [3.63, 3.8) is 0 Å². The first-order valence-electron chi connectivity index (χ1n) is 10.7. The Kier molecular flexibility index (Phi) is 5.67. The SMILES string of the molecule is O=C1[C@@H](Nc2cccc(OC(F)F)c2)CCN1c1ccc(-c2n[nH]c(=O)c3ccccc23)cc1. The molecule has 7 nitrogen and oxygen atoms in total. The molecule has 1 aliphatic rings. The Bertz CT molecular complexity index is 1410. The second-order valence-corrected chi connectivity index (χ2v) is 7.88. The second kappa shape index (κ2) is 8.93. The molecule has 0 saturated carbocycles. The summed E-state index contributed by atoms with van der Waals surface area (Å²) in [4.78, 5) is 26.7. The molecular weight excluding hydrogens is 442 g/mol. The topological polar surface area (TPSA) is 87.3 Å². The summed E-state index contributed by atoms with van der Waals surface area (Å²) < 4.78 is 29.4. The molecule has 1 atom stereocenters. The van der Waals surface area contributed by atoms with Crippen molar-refractivity contribution in [2.75, 3.05) is 16.8 Å². The monoisotopic (exact) mass is 462 g/mol. The van der Waals surface area contributed by atoms with Crippen LogP contribution in [0.25, 0.3) is 22.0 Å². The third kappa shape index (κ3) is 4.19. The molecule has 9 heteroatoms. The maximum atomic E-state index is 13.0. The van der Waals surface area contributed by atoms with Gasteiger partial charge in [0.25, 0.3) is 5.56 Å². The highest BCUT2D eigenvalue weighted by atomic mass is 19.3. The number of ether oxygens (including phenoxy) is 1. The first kappa shape index (κ1) is 21.6. The van der Waals surface area contributed by atoms with Gasteiger partial charge >= 0.3 is 6.61 Å². The molecule has 0 spiro atoms. The van der Waals surface area contributed by atoms with Gasteiger partial charge in [0.1, 0.15) is 11.8 Å². The molecule has 5 rings (SSSR count). The molecule has 0 unspecified atom stereocenters. The summed E-state index contributed by atoms with van der Waals surface area (Å²) in [6.45, 7) is -2.39. The van der Waals surface area contributed by atoms with Crippen LogP contribution in [-0.4, -0.2) is 35.3 Å². The van der Waals surface area contributed by atoms with Gasteiger partial charge in [0.05, 0.1) is 11.1 Å². The number of rotatable bonds is 6. The van der Waals surface area contributed by atoms with Gasteiger partial charge in [-0.25, -0.2) is 5.10 Å². The number of alkyl halides is 2. The standard InChI is InChI=1S/C25H20F2N4O3/c26-25(27)34-18-5-3-4-16(14-18)28-21-12-13-31(24(21)33)17-10-8-15(9-11-17)22-19-6-1-2-7-20(19)23(32)30-29-22/h1-11,14,21,25,28H,12-13H2,(H,30,32)/t21-/m0/s1. The summed E-state index contributed by atoms with van der Waals surface area (Å²) in [5.41, 5.74) is 2.49. The molecule has 0 aliphatic carbocycles. The Morgan fingerprint density at radius 3 is 2.53 bits per heavy atom. The van der Waals surface area contributed by atoms with Crippen molar-refractivity contribution in [1.29, 1.82) is 0 Å². The minimum atomic E-state index is -2.91. The van der Waals surface area contributed by atoms with E-state index in [0.29, 0.717) is 29.7 Å². The number of benzene rings is 3. The van der Waals surface area contributed by atoms with Gasteiger partial charge in [0.2, 0.25) is 5.91 Å². The molecule has 4 aromatic rings. The average Bonchev–Trinajstić information content (AvgIpc) is 3.19. The van der Waals surface area contributed by atoms with E-state index in [1.807, 2.05) is 36.4 Å². The number of aromatic amines is 1. The van der Waals surface area contributed by atoms with Crippen LogP contribution in [0, 0.1) is 0 Å². The van der Waals surface area contributed by atoms with Gasteiger partial charge in [-0.1, -0.05) is 36.4 Å². The fourth-order valence-corrected chi connectivity index (χ4v) is 4.17. The maximum Gasteiger partial charge on any atom is 0.387 e. The predicted molar refractivity (Wildman–Crippen MR) is 125 cm³/mol. The van der Waals surface area contributed by atoms with E-state index >= 15 is 0 Å². The van der Waals surface area contributed by atoms with E-state index in [4.69, 9.17) is 0 Å². The second-order valence-electron chi connectivity index (χ2n) is 7.88. The molecule has 2 heterocycles. The van der Waals surface area contributed by atoms with Gasteiger partial charge in [-0.05, 0) is 36.8 Å². The fraction of sp³-hybridized carbons (Fsp3) is 0.160. The molecular formula is C25H20F2N4O3. The van der Waals surface area contributed by atoms with Gasteiger partial charge in [-0.3, -0.25) is 9.59 Å². The summed E-state index contributed by atoms with van der Waals surface area (Å²) in [7, 11) is 0. The molecule has 2 N–H and O–H groups in total. The van der Waals surface area contributed by atoms with Gasteiger partial charge in [0.15, 0.2) is 0 Å². The lowest BCUT2D eigenvalue weighted by Gasteiger charge is -2.18. The van der Waals surface area contributed by atoms with Crippen molar-refractivity contribution in [3.8, 4) is 17.0 Å². The molecule has 0 radical (unpaired) electrons. The normalized spacial score (nSPS) is 15.8. The Morgan fingerprint density at radius 2 is 1.76 bits per heavy atom. The molecule has 1 aromatic heterocycles. The first-order valence-corrected chi connectivity index (χ1v) is 10.7. The van der Waals surface area contributed by atoms with E-state index < -0.39 is 12.7 Å². The number of aromatic nitrogens is 2. The largest absolute Gasteiger partial charge is 0.435 e. The summed E-state index contributed by atoms with van der Waals surface area (Å²) in [6, 6.07) is 20.3. The van der Waals surface area contributed by atoms with Gasteiger partial charge < -0.3 is 15.0 Å². The fourth-order valence-electron chi connectivity index (χ4n) is 4.17. The summed E-state index contributed by atoms with van der Waals surface area (Å²) >= 11 is 0. The van der Waals surface area contributed by atoms with Crippen LogP contribution in [0.1, 0.15) is 6.42 Å². The Hall–Kier alpha value is -4.27. The van der Waals surface area contributed by atoms with E-state index in [1.54, 1.807) is 29.2 Å². The highest BCUT2D eigenvalue weighted by Gasteiger charge is 2.32. The number of nitrogens with one attached hydrogen (secondary N) is 2. The van der Waals surface area contributed by atoms with Crippen molar-refractivity contribution in [2.45, 2.75) is 19.1 Å². The molecule has 1 amide bonds. The van der Waals surface area contributed by atoms with Gasteiger partial charge in [0, 0.05) is 34.9 Å². The lowest BCUT2D eigenvalue weighted by atomic mass is 10.0. The lowest BCUT2D eigenvalue weighted by Crippen LogP contribution is -2.33. The van der Waals surface area contributed by atoms with Crippen molar-refractivity contribution < 1.29 is 18.3 Å². The molecule has 172 valence electrons. The van der Waals surface area contributed by atoms with Crippen LogP contribution in [0.15, 0.2) is 77.6 Å². The number of nitrogens with zero attached hydrogens (tertiary/aromatic N) is 2. The molecule has 1 saturated heterocycles. The number of fused-ring (bicyclic) bond motifs is 1. The Balaban J connectivity index is 1.33. The highest BCUT2D eigenvalue weighted by Crippen LogP contribution is 2.29. The minimum Gasteiger partial charge on any atom is -0.435 e. The molecule has 1 fully saturated rings. The average molecular weight is 462 g/mol. The van der Waals surface area contributed by atoms with Crippen molar-refractivity contribution in [3.05, 3.63) is 83.2 Å². The molecule has 0 bridgehead atoms. The number of carbonyl (C=O) groups is 1. The number of H-pyrrole nitrogens is 1. The predicted octanol–water partition coefficient (Wildman–Crippen LogP) is 4.41. The van der Waals surface area contributed by atoms with Crippen LogP contribution in [0.3, 0.4) is 0 Å². The van der Waals surface area contributed by atoms with Crippen LogP contribution in [0.5, 0.6) is 5.75 Å². The van der Waals surface area contributed by atoms with Crippen LogP contribution >= 0.6 is 0 Å². The lowest BCUT2D eigenvalue weighted by molar-refractivity contribution is -0.117. The summed E-state index contributed by atoms with van der Waals surface area (Å²) in [6.07, 6.45) is 0.562. The highest BCUT2D eigenvalue weighted by molar-refractivity contribution is 6.01. The zero-order valence-electron chi connectivity index (χ0n) is 17.9. The van der Waals surface area contributed by atoms with Crippen molar-refractivity contribution >= 4 is 28.1 Å². The van der Waals surface area contributed by atoms with Crippen LogP contribution in [0.4, 0.5) is 20.2 Å². The van der Waals surface area contributed by atoms with Crippen LogP contribution in [-0.2, 0) is 4.79 Å². The van der Waals surface area contributed by atoms with E-state index in [1.165, 1.54) is 12.1 Å². The van der Waals surface area contributed by atoms with Gasteiger partial charge in [-0.2, -0.15) is 13.9 Å². The van der Waals surface area contributed by atoms with Gasteiger partial charge in [-0.15, -0.1) is 0 Å². The molecule has 34 heavy (non-hydrogen) atoms. The number of anilines is 2. The zero-order chi connectivity index (χ0) is 23.7. The first-order chi connectivity index (χ1) is 16.5. The number of carbonyl (C=O) groups excluding carboxylic acids is 1. The quantitative estimate of drug-likeness (QED) is 0.443. The molecule has 1 aliphatic heterocycles. The zero-order valence-corrected chi connectivity index (χ0v) is 17.9. The Labute approximate surface area is 193 Å². The molecule has 3 aromatic carbocycles. The third-order valence-electron chi connectivity index (χ3n) is 5.75. The maximum absolute atomic E-state index is 13.0. The van der Waals surface area contributed by atoms with E-state index in [0.717, 1.165) is 16.6 Å².